The Morgan fingerprint density at radius 1 is 1.03 bits per heavy atom. The average molecular weight is 416 g/mol. The fraction of sp³-hybridized carbons (Fsp3) is 0.381. The Morgan fingerprint density at radius 2 is 1.83 bits per heavy atom. The van der Waals surface area contributed by atoms with Gasteiger partial charge in [-0.3, -0.25) is 4.90 Å². The number of aromatic hydroxyl groups is 1. The number of hydrogen-bond donors (Lipinski definition) is 2. The smallest absolute Gasteiger partial charge is 0.137 e. The van der Waals surface area contributed by atoms with Crippen LogP contribution in [0, 0.1) is 0 Å². The Balaban J connectivity index is 1.57. The molecule has 0 unspecified atom stereocenters. The van der Waals surface area contributed by atoms with Gasteiger partial charge in [0.05, 0.1) is 46.1 Å². The summed E-state index contributed by atoms with van der Waals surface area (Å²) < 4.78 is 18.6. The number of benzene rings is 2. The molecule has 2 aromatic carbocycles. The lowest BCUT2D eigenvalue weighted by atomic mass is 10.1. The van der Waals surface area contributed by atoms with Crippen LogP contribution in [0.1, 0.15) is 5.56 Å². The third-order valence-electron chi connectivity index (χ3n) is 5.16. The Hall–Kier alpha value is -2.26. The van der Waals surface area contributed by atoms with Crippen LogP contribution in [-0.4, -0.2) is 82.6 Å². The normalized spacial score (nSPS) is 19.3. The van der Waals surface area contributed by atoms with Crippen molar-refractivity contribution in [2.24, 2.45) is 4.99 Å². The number of phenolic OH excluding ortho intramolecular Hbond substituents is 1. The van der Waals surface area contributed by atoms with Gasteiger partial charge in [-0.1, -0.05) is 18.2 Å². The van der Waals surface area contributed by atoms with E-state index >= 15 is 0 Å². The van der Waals surface area contributed by atoms with Crippen LogP contribution in [0.2, 0.25) is 0 Å². The zero-order valence-corrected chi connectivity index (χ0v) is 17.0. The lowest BCUT2D eigenvalue weighted by Crippen LogP contribution is -2.49. The Bertz CT molecular complexity index is 926. The summed E-state index contributed by atoms with van der Waals surface area (Å²) in [6, 6.07) is 12.5. The second-order valence-corrected chi connectivity index (χ2v) is 8.43. The molecule has 1 fully saturated rings. The molecule has 2 aliphatic rings. The van der Waals surface area contributed by atoms with Crippen molar-refractivity contribution < 1.29 is 19.2 Å². The van der Waals surface area contributed by atoms with Crippen LogP contribution < -0.4 is 0 Å². The van der Waals surface area contributed by atoms with E-state index in [0.717, 1.165) is 49.0 Å². The minimum Gasteiger partial charge on any atom is -0.508 e. The van der Waals surface area contributed by atoms with Crippen LogP contribution in [0.15, 0.2) is 57.2 Å². The average Bonchev–Trinajstić information content (AvgIpc) is 2.87. The number of piperazine rings is 1. The molecule has 1 saturated heterocycles. The monoisotopic (exact) mass is 415 g/mol. The summed E-state index contributed by atoms with van der Waals surface area (Å²) in [6.45, 7) is 5.27. The molecule has 154 valence electrons. The van der Waals surface area contributed by atoms with E-state index in [1.807, 2.05) is 24.3 Å². The maximum absolute atomic E-state index is 13.2. The van der Waals surface area contributed by atoms with Crippen molar-refractivity contribution in [3.05, 3.63) is 48.0 Å². The topological polar surface area (TPSA) is 85.6 Å². The summed E-state index contributed by atoms with van der Waals surface area (Å²) in [5.74, 6) is 0.917. The van der Waals surface area contributed by atoms with Gasteiger partial charge < -0.3 is 19.8 Å². The molecule has 0 bridgehead atoms. The minimum atomic E-state index is -1.40. The maximum atomic E-state index is 13.2. The van der Waals surface area contributed by atoms with E-state index in [9.17, 15) is 9.32 Å². The summed E-state index contributed by atoms with van der Waals surface area (Å²) in [7, 11) is -1.40. The molecule has 2 aromatic rings. The van der Waals surface area contributed by atoms with E-state index in [0.29, 0.717) is 23.8 Å². The maximum Gasteiger partial charge on any atom is 0.137 e. The van der Waals surface area contributed by atoms with Crippen LogP contribution in [0.5, 0.6) is 5.75 Å². The number of aliphatic hydroxyl groups is 1. The highest BCUT2D eigenvalue weighted by molar-refractivity contribution is 7.85. The van der Waals surface area contributed by atoms with E-state index in [-0.39, 0.29) is 12.4 Å². The summed E-state index contributed by atoms with van der Waals surface area (Å²) in [5, 5.41) is 18.7. The fourth-order valence-corrected chi connectivity index (χ4v) is 4.96. The number of aliphatic hydroxyl groups excluding tert-OH is 1. The number of ether oxygens (including phenoxy) is 1. The van der Waals surface area contributed by atoms with E-state index in [2.05, 4.69) is 9.80 Å². The molecule has 2 aliphatic heterocycles. The molecule has 0 spiro atoms. The molecule has 0 aliphatic carbocycles. The third-order valence-corrected chi connectivity index (χ3v) is 6.64. The number of fused-ring (bicyclic) bond motifs is 2. The Labute approximate surface area is 172 Å². The number of amidine groups is 1. The van der Waals surface area contributed by atoms with Crippen LogP contribution >= 0.6 is 0 Å². The van der Waals surface area contributed by atoms with E-state index in [1.54, 1.807) is 18.2 Å². The molecule has 0 saturated carbocycles. The van der Waals surface area contributed by atoms with Crippen molar-refractivity contribution in [2.45, 2.75) is 9.79 Å². The summed E-state index contributed by atoms with van der Waals surface area (Å²) in [5.41, 5.74) is 1.51. The first-order chi connectivity index (χ1) is 14.2. The van der Waals surface area contributed by atoms with Crippen molar-refractivity contribution in [3.8, 4) is 5.75 Å². The van der Waals surface area contributed by atoms with Gasteiger partial charge >= 0.3 is 0 Å². The predicted molar refractivity (Wildman–Crippen MR) is 111 cm³/mol. The lowest BCUT2D eigenvalue weighted by Gasteiger charge is -2.36. The molecule has 4 rings (SSSR count). The second kappa shape index (κ2) is 9.04. The van der Waals surface area contributed by atoms with Gasteiger partial charge in [-0.05, 0) is 24.3 Å². The van der Waals surface area contributed by atoms with Gasteiger partial charge in [0.15, 0.2) is 0 Å². The Kier molecular flexibility index (Phi) is 6.25. The molecule has 29 heavy (non-hydrogen) atoms. The number of aliphatic imine (C=N–C) groups is 1. The van der Waals surface area contributed by atoms with Crippen molar-refractivity contribution in [1.82, 2.24) is 9.80 Å². The first-order valence-corrected chi connectivity index (χ1v) is 10.9. The van der Waals surface area contributed by atoms with E-state index in [1.165, 1.54) is 0 Å². The quantitative estimate of drug-likeness (QED) is 0.722. The summed E-state index contributed by atoms with van der Waals surface area (Å²) in [4.78, 5) is 10.7. The van der Waals surface area contributed by atoms with Crippen LogP contribution in [0.4, 0.5) is 5.69 Å². The molecule has 7 nitrogen and oxygen atoms in total. The molecule has 1 atom stereocenters. The van der Waals surface area contributed by atoms with Gasteiger partial charge in [-0.15, -0.1) is 0 Å². The number of phenols is 1. The molecular formula is C21H25N3O4S. The second-order valence-electron chi connectivity index (χ2n) is 7.02. The van der Waals surface area contributed by atoms with Gasteiger partial charge in [0.25, 0.3) is 0 Å². The molecule has 0 amide bonds. The molecule has 2 N–H and O–H groups in total. The molecule has 0 aromatic heterocycles. The lowest BCUT2D eigenvalue weighted by molar-refractivity contribution is 0.0652. The zero-order valence-electron chi connectivity index (χ0n) is 16.2. The highest BCUT2D eigenvalue weighted by Gasteiger charge is 2.27. The van der Waals surface area contributed by atoms with Gasteiger partial charge in [0.1, 0.15) is 11.6 Å². The first kappa shape index (κ1) is 20.0. The van der Waals surface area contributed by atoms with Crippen molar-refractivity contribution in [2.75, 3.05) is 52.5 Å². The van der Waals surface area contributed by atoms with E-state index in [4.69, 9.17) is 14.8 Å². The van der Waals surface area contributed by atoms with Crippen molar-refractivity contribution in [1.29, 1.82) is 0 Å². The van der Waals surface area contributed by atoms with Gasteiger partial charge in [0.2, 0.25) is 0 Å². The number of hydrogen-bond acceptors (Lipinski definition) is 7. The molecular weight excluding hydrogens is 390 g/mol. The number of nitrogens with zero attached hydrogens (tertiary/aromatic N) is 3. The fourth-order valence-electron chi connectivity index (χ4n) is 3.63. The van der Waals surface area contributed by atoms with Gasteiger partial charge in [-0.2, -0.15) is 0 Å². The number of rotatable bonds is 5. The molecule has 2 heterocycles. The van der Waals surface area contributed by atoms with E-state index < -0.39 is 10.8 Å². The van der Waals surface area contributed by atoms with Crippen LogP contribution in [-0.2, 0) is 15.5 Å². The third kappa shape index (κ3) is 4.35. The molecule has 0 radical (unpaired) electrons. The predicted octanol–water partition coefficient (Wildman–Crippen LogP) is 1.58. The summed E-state index contributed by atoms with van der Waals surface area (Å²) >= 11 is 0. The first-order valence-electron chi connectivity index (χ1n) is 9.76. The van der Waals surface area contributed by atoms with Gasteiger partial charge in [0, 0.05) is 38.3 Å². The largest absolute Gasteiger partial charge is 0.508 e. The highest BCUT2D eigenvalue weighted by atomic mass is 32.2. The van der Waals surface area contributed by atoms with Gasteiger partial charge in [-0.25, -0.2) is 9.20 Å². The highest BCUT2D eigenvalue weighted by Crippen LogP contribution is 2.35. The summed E-state index contributed by atoms with van der Waals surface area (Å²) in [6.07, 6.45) is 0. The van der Waals surface area contributed by atoms with Crippen LogP contribution in [0.3, 0.4) is 0 Å². The Morgan fingerprint density at radius 3 is 2.62 bits per heavy atom. The standard InChI is InChI=1S/C21H25N3O4S/c25-12-14-28-13-11-23-7-9-24(10-8-23)21-17-3-1-2-4-19(17)29(27)20-15-16(26)5-6-18(20)22-21/h1-6,15,25-26H,7-14H2/t29-/m1/s1. The van der Waals surface area contributed by atoms with Crippen molar-refractivity contribution in [3.63, 3.8) is 0 Å². The van der Waals surface area contributed by atoms with Crippen LogP contribution in [0.25, 0.3) is 0 Å². The minimum absolute atomic E-state index is 0.0492. The SMILES string of the molecule is O=[S@]1c2cc(O)ccc2N=C(N2CCN(CCOCCO)CC2)c2ccccc21. The molecule has 8 heteroatoms. The zero-order chi connectivity index (χ0) is 20.2. The van der Waals surface area contributed by atoms with Crippen molar-refractivity contribution >= 4 is 22.3 Å².